The summed E-state index contributed by atoms with van der Waals surface area (Å²) < 4.78 is 9.99. The van der Waals surface area contributed by atoms with Gasteiger partial charge >= 0.3 is 5.97 Å². The number of methoxy groups -OCH3 is 1. The number of carboxylic acid groups (broad SMARTS) is 1. The van der Waals surface area contributed by atoms with Crippen LogP contribution in [-0.4, -0.2) is 30.6 Å². The first-order valence-electron chi connectivity index (χ1n) is 4.41. The van der Waals surface area contributed by atoms with Crippen molar-refractivity contribution >= 4 is 11.8 Å². The highest BCUT2D eigenvalue weighted by Crippen LogP contribution is 2.27. The van der Waals surface area contributed by atoms with Gasteiger partial charge in [0.1, 0.15) is 5.84 Å². The normalized spacial score (nSPS) is 9.56. The summed E-state index contributed by atoms with van der Waals surface area (Å²) in [5.74, 6) is -0.523. The Balaban J connectivity index is 2.93. The van der Waals surface area contributed by atoms with E-state index in [0.29, 0.717) is 17.1 Å². The van der Waals surface area contributed by atoms with Gasteiger partial charge in [0, 0.05) is 5.56 Å². The molecule has 0 amide bonds. The van der Waals surface area contributed by atoms with Crippen molar-refractivity contribution in [2.75, 3.05) is 13.7 Å². The van der Waals surface area contributed by atoms with Crippen molar-refractivity contribution in [3.05, 3.63) is 23.8 Å². The molecule has 0 atom stereocenters. The number of carboxylic acids is 1. The van der Waals surface area contributed by atoms with Crippen molar-refractivity contribution in [1.29, 1.82) is 5.41 Å². The average Bonchev–Trinajstić information content (AvgIpc) is 2.25. The molecule has 6 heteroatoms. The van der Waals surface area contributed by atoms with Crippen LogP contribution < -0.4 is 15.2 Å². The fraction of sp³-hybridized carbons (Fsp3) is 0.200. The highest BCUT2D eigenvalue weighted by Gasteiger charge is 2.08. The third-order valence-electron chi connectivity index (χ3n) is 1.83. The Morgan fingerprint density at radius 1 is 1.50 bits per heavy atom. The summed E-state index contributed by atoms with van der Waals surface area (Å²) in [5.41, 5.74) is 5.79. The van der Waals surface area contributed by atoms with Crippen LogP contribution in [0, 0.1) is 5.41 Å². The summed E-state index contributed by atoms with van der Waals surface area (Å²) in [6, 6.07) is 4.58. The SMILES string of the molecule is COc1cc(C(=N)N)ccc1OCC(=O)O. The smallest absolute Gasteiger partial charge is 0.341 e. The minimum Gasteiger partial charge on any atom is -0.493 e. The fourth-order valence-corrected chi connectivity index (χ4v) is 1.09. The van der Waals surface area contributed by atoms with Gasteiger partial charge in [0.2, 0.25) is 0 Å². The van der Waals surface area contributed by atoms with Gasteiger partial charge in [-0.1, -0.05) is 0 Å². The average molecular weight is 224 g/mol. The standard InChI is InChI=1S/C10H12N2O4/c1-15-8-4-6(10(11)12)2-3-7(8)16-5-9(13)14/h2-4H,5H2,1H3,(H3,11,12)(H,13,14). The van der Waals surface area contributed by atoms with E-state index in [4.69, 9.17) is 25.7 Å². The lowest BCUT2D eigenvalue weighted by Crippen LogP contribution is -2.12. The summed E-state index contributed by atoms with van der Waals surface area (Å²) in [6.45, 7) is -0.449. The number of ether oxygens (including phenoxy) is 2. The maximum atomic E-state index is 10.3. The first-order valence-corrected chi connectivity index (χ1v) is 4.41. The van der Waals surface area contributed by atoms with Gasteiger partial charge in [-0.25, -0.2) is 4.79 Å². The van der Waals surface area contributed by atoms with Crippen molar-refractivity contribution in [2.24, 2.45) is 5.73 Å². The Morgan fingerprint density at radius 2 is 2.19 bits per heavy atom. The third kappa shape index (κ3) is 2.88. The molecule has 0 bridgehead atoms. The predicted molar refractivity (Wildman–Crippen MR) is 57.1 cm³/mol. The number of carbonyl (C=O) groups is 1. The van der Waals surface area contributed by atoms with Crippen molar-refractivity contribution in [3.8, 4) is 11.5 Å². The minimum atomic E-state index is -1.07. The molecule has 0 fully saturated rings. The zero-order chi connectivity index (χ0) is 12.1. The molecule has 0 radical (unpaired) electrons. The van der Waals surface area contributed by atoms with Gasteiger partial charge in [-0.15, -0.1) is 0 Å². The zero-order valence-electron chi connectivity index (χ0n) is 8.69. The topological polar surface area (TPSA) is 106 Å². The number of nitrogen functional groups attached to an aromatic ring is 1. The summed E-state index contributed by atoms with van der Waals surface area (Å²) in [5, 5.41) is 15.7. The van der Waals surface area contributed by atoms with Crippen molar-refractivity contribution < 1.29 is 19.4 Å². The molecule has 0 saturated heterocycles. The van der Waals surface area contributed by atoms with E-state index < -0.39 is 12.6 Å². The van der Waals surface area contributed by atoms with Crippen LogP contribution in [0.5, 0.6) is 11.5 Å². The lowest BCUT2D eigenvalue weighted by molar-refractivity contribution is -0.139. The predicted octanol–water partition coefficient (Wildman–Crippen LogP) is 0.443. The van der Waals surface area contributed by atoms with E-state index in [1.807, 2.05) is 0 Å². The van der Waals surface area contributed by atoms with Gasteiger partial charge in [0.05, 0.1) is 7.11 Å². The van der Waals surface area contributed by atoms with E-state index in [0.717, 1.165) is 0 Å². The molecular formula is C10H12N2O4. The van der Waals surface area contributed by atoms with Gasteiger partial charge in [-0.2, -0.15) is 0 Å². The van der Waals surface area contributed by atoms with Gasteiger partial charge in [-0.05, 0) is 18.2 Å². The van der Waals surface area contributed by atoms with Crippen LogP contribution in [0.1, 0.15) is 5.56 Å². The molecule has 1 rings (SSSR count). The number of rotatable bonds is 5. The second-order valence-corrected chi connectivity index (χ2v) is 2.96. The summed E-state index contributed by atoms with van der Waals surface area (Å²) >= 11 is 0. The number of hydrogen-bond donors (Lipinski definition) is 3. The molecule has 0 unspecified atom stereocenters. The zero-order valence-corrected chi connectivity index (χ0v) is 8.69. The molecule has 0 aliphatic heterocycles. The van der Waals surface area contributed by atoms with E-state index in [2.05, 4.69) is 0 Å². The number of nitrogens with two attached hydrogens (primary N) is 1. The summed E-state index contributed by atoms with van der Waals surface area (Å²) in [4.78, 5) is 10.3. The molecule has 0 aliphatic rings. The van der Waals surface area contributed by atoms with Crippen molar-refractivity contribution in [3.63, 3.8) is 0 Å². The molecule has 0 aliphatic carbocycles. The van der Waals surface area contributed by atoms with Crippen LogP contribution >= 0.6 is 0 Å². The van der Waals surface area contributed by atoms with Crippen LogP contribution in [0.4, 0.5) is 0 Å². The van der Waals surface area contributed by atoms with Crippen LogP contribution in [0.25, 0.3) is 0 Å². The minimum absolute atomic E-state index is 0.0944. The highest BCUT2D eigenvalue weighted by atomic mass is 16.5. The van der Waals surface area contributed by atoms with E-state index >= 15 is 0 Å². The molecule has 6 nitrogen and oxygen atoms in total. The maximum Gasteiger partial charge on any atom is 0.341 e. The van der Waals surface area contributed by atoms with Crippen LogP contribution in [0.15, 0.2) is 18.2 Å². The molecule has 1 aromatic rings. The number of nitrogens with one attached hydrogen (secondary N) is 1. The van der Waals surface area contributed by atoms with Gasteiger partial charge in [0.25, 0.3) is 0 Å². The summed E-state index contributed by atoms with van der Waals surface area (Å²) in [6.07, 6.45) is 0. The number of amidine groups is 1. The number of aliphatic carboxylic acids is 1. The first-order chi connectivity index (χ1) is 7.54. The molecule has 1 aromatic carbocycles. The second-order valence-electron chi connectivity index (χ2n) is 2.96. The van der Waals surface area contributed by atoms with Gasteiger partial charge in [-0.3, -0.25) is 5.41 Å². The van der Waals surface area contributed by atoms with Crippen LogP contribution in [0.2, 0.25) is 0 Å². The fourth-order valence-electron chi connectivity index (χ4n) is 1.09. The molecule has 16 heavy (non-hydrogen) atoms. The lowest BCUT2D eigenvalue weighted by atomic mass is 10.2. The Morgan fingerprint density at radius 3 is 2.69 bits per heavy atom. The van der Waals surface area contributed by atoms with Gasteiger partial charge in [0.15, 0.2) is 18.1 Å². The van der Waals surface area contributed by atoms with Crippen LogP contribution in [-0.2, 0) is 4.79 Å². The maximum absolute atomic E-state index is 10.3. The summed E-state index contributed by atoms with van der Waals surface area (Å²) in [7, 11) is 1.42. The molecule has 4 N–H and O–H groups in total. The first kappa shape index (κ1) is 11.8. The van der Waals surface area contributed by atoms with E-state index in [9.17, 15) is 4.79 Å². The van der Waals surface area contributed by atoms with E-state index in [1.54, 1.807) is 6.07 Å². The largest absolute Gasteiger partial charge is 0.493 e. The molecular weight excluding hydrogens is 212 g/mol. The molecule has 0 aromatic heterocycles. The highest BCUT2D eigenvalue weighted by molar-refractivity contribution is 5.95. The Bertz CT molecular complexity index is 417. The van der Waals surface area contributed by atoms with E-state index in [-0.39, 0.29) is 5.84 Å². The Hall–Kier alpha value is -2.24. The molecule has 0 saturated carbocycles. The van der Waals surface area contributed by atoms with Gasteiger partial charge < -0.3 is 20.3 Å². The van der Waals surface area contributed by atoms with E-state index in [1.165, 1.54) is 19.2 Å². The van der Waals surface area contributed by atoms with Crippen molar-refractivity contribution in [1.82, 2.24) is 0 Å². The number of hydrogen-bond acceptors (Lipinski definition) is 4. The van der Waals surface area contributed by atoms with Crippen molar-refractivity contribution in [2.45, 2.75) is 0 Å². The number of benzene rings is 1. The Labute approximate surface area is 92.1 Å². The lowest BCUT2D eigenvalue weighted by Gasteiger charge is -2.10. The van der Waals surface area contributed by atoms with Crippen LogP contribution in [0.3, 0.4) is 0 Å². The molecule has 86 valence electrons. The Kier molecular flexibility index (Phi) is 3.71. The third-order valence-corrected chi connectivity index (χ3v) is 1.83. The second kappa shape index (κ2) is 5.01. The molecule has 0 heterocycles. The quantitative estimate of drug-likeness (QED) is 0.497. The molecule has 0 spiro atoms. The monoisotopic (exact) mass is 224 g/mol.